The van der Waals surface area contributed by atoms with Crippen molar-refractivity contribution in [1.29, 1.82) is 5.26 Å². The summed E-state index contributed by atoms with van der Waals surface area (Å²) in [4.78, 5) is 44.7. The number of fused-ring (bicyclic) bond motifs is 1. The second-order valence-corrected chi connectivity index (χ2v) is 11.1. The molecule has 0 aliphatic carbocycles. The molecule has 1 heterocycles. The number of carbonyl (C=O) groups excluding carboxylic acids is 3. The van der Waals surface area contributed by atoms with E-state index >= 15 is 0 Å². The van der Waals surface area contributed by atoms with Gasteiger partial charge in [-0.1, -0.05) is 30.8 Å². The van der Waals surface area contributed by atoms with Crippen molar-refractivity contribution in [3.05, 3.63) is 71.9 Å². The summed E-state index contributed by atoms with van der Waals surface area (Å²) in [6.07, 6.45) is -0.767. The molecule has 0 fully saturated rings. The molecule has 0 saturated heterocycles. The predicted molar refractivity (Wildman–Crippen MR) is 152 cm³/mol. The molecule has 40 heavy (non-hydrogen) atoms. The monoisotopic (exact) mass is 543 g/mol. The van der Waals surface area contributed by atoms with Crippen molar-refractivity contribution in [2.45, 2.75) is 52.7 Å². The van der Waals surface area contributed by atoms with Crippen molar-refractivity contribution < 1.29 is 28.6 Å². The first-order chi connectivity index (χ1) is 18.6. The van der Waals surface area contributed by atoms with Gasteiger partial charge in [0.1, 0.15) is 16.9 Å². The standard InChI is InChI=1S/C31H33N3O6/c1-19(17-32)18-34(29(37)40-31(5,6)7)26-22(27(35)38-8)15-14-20-12-13-21(16-23(20)26)24-10-9-11-25(33-24)28(36)39-30(2,3)4/h9-16H,1,18H2,2-8H3. The predicted octanol–water partition coefficient (Wildman–Crippen LogP) is 6.46. The maximum atomic E-state index is 13.4. The molecule has 2 aromatic carbocycles. The van der Waals surface area contributed by atoms with Crippen LogP contribution >= 0.6 is 0 Å². The molecule has 208 valence electrons. The molecule has 0 unspecified atom stereocenters. The Labute approximate surface area is 234 Å². The fourth-order valence-corrected chi connectivity index (χ4v) is 3.85. The van der Waals surface area contributed by atoms with Crippen molar-refractivity contribution in [3.8, 4) is 17.3 Å². The Morgan fingerprint density at radius 2 is 1.60 bits per heavy atom. The number of anilines is 1. The minimum Gasteiger partial charge on any atom is -0.465 e. The molecule has 0 N–H and O–H groups in total. The number of methoxy groups -OCH3 is 1. The second kappa shape index (κ2) is 11.6. The summed E-state index contributed by atoms with van der Waals surface area (Å²) in [5.74, 6) is -1.24. The number of rotatable bonds is 6. The van der Waals surface area contributed by atoms with Crippen LogP contribution in [0.4, 0.5) is 10.5 Å². The number of nitrogens with zero attached hydrogens (tertiary/aromatic N) is 3. The lowest BCUT2D eigenvalue weighted by Gasteiger charge is -2.29. The Balaban J connectivity index is 2.27. The number of hydrogen-bond donors (Lipinski definition) is 0. The van der Waals surface area contributed by atoms with E-state index in [2.05, 4.69) is 11.6 Å². The summed E-state index contributed by atoms with van der Waals surface area (Å²) in [6.45, 7) is 14.0. The van der Waals surface area contributed by atoms with Crippen molar-refractivity contribution in [1.82, 2.24) is 4.98 Å². The largest absolute Gasteiger partial charge is 0.465 e. The van der Waals surface area contributed by atoms with Crippen LogP contribution in [0.15, 0.2) is 60.7 Å². The first kappa shape index (κ1) is 29.8. The highest BCUT2D eigenvalue weighted by molar-refractivity contribution is 6.12. The first-order valence-corrected chi connectivity index (χ1v) is 12.6. The number of nitriles is 1. The Morgan fingerprint density at radius 3 is 2.20 bits per heavy atom. The Kier molecular flexibility index (Phi) is 8.64. The Bertz CT molecular complexity index is 1520. The summed E-state index contributed by atoms with van der Waals surface area (Å²) in [5.41, 5.74) is 0.0680. The highest BCUT2D eigenvalue weighted by atomic mass is 16.6. The molecule has 0 aliphatic rings. The topological polar surface area (TPSA) is 119 Å². The molecule has 1 aromatic heterocycles. The molecule has 9 nitrogen and oxygen atoms in total. The minimum absolute atomic E-state index is 0.0848. The van der Waals surface area contributed by atoms with Gasteiger partial charge in [-0.3, -0.25) is 4.90 Å². The first-order valence-electron chi connectivity index (χ1n) is 12.6. The molecular weight excluding hydrogens is 510 g/mol. The fourth-order valence-electron chi connectivity index (χ4n) is 3.85. The zero-order valence-electron chi connectivity index (χ0n) is 23.8. The van der Waals surface area contributed by atoms with E-state index in [-0.39, 0.29) is 29.1 Å². The molecule has 0 bridgehead atoms. The van der Waals surface area contributed by atoms with E-state index in [4.69, 9.17) is 14.2 Å². The molecule has 0 saturated carbocycles. The van der Waals surface area contributed by atoms with Crippen LogP contribution in [0.3, 0.4) is 0 Å². The van der Waals surface area contributed by atoms with Gasteiger partial charge < -0.3 is 14.2 Å². The number of ether oxygens (including phenoxy) is 3. The third-order valence-electron chi connectivity index (χ3n) is 5.44. The summed E-state index contributed by atoms with van der Waals surface area (Å²) < 4.78 is 16.1. The highest BCUT2D eigenvalue weighted by Crippen LogP contribution is 2.36. The van der Waals surface area contributed by atoms with Gasteiger partial charge in [-0.2, -0.15) is 5.26 Å². The Morgan fingerprint density at radius 1 is 0.950 bits per heavy atom. The van der Waals surface area contributed by atoms with E-state index in [1.165, 1.54) is 12.0 Å². The molecule has 1 amide bonds. The summed E-state index contributed by atoms with van der Waals surface area (Å²) in [7, 11) is 1.24. The highest BCUT2D eigenvalue weighted by Gasteiger charge is 2.29. The SMILES string of the molecule is C=C(C#N)CN(C(=O)OC(C)(C)C)c1c(C(=O)OC)ccc2ccc(-c3cccc(C(=O)OC(C)(C)C)n3)cc12. The van der Waals surface area contributed by atoms with E-state index in [0.29, 0.717) is 22.0 Å². The van der Waals surface area contributed by atoms with Crippen LogP contribution in [-0.4, -0.2) is 47.9 Å². The van der Waals surface area contributed by atoms with Crippen LogP contribution in [0.25, 0.3) is 22.0 Å². The van der Waals surface area contributed by atoms with Gasteiger partial charge in [0.2, 0.25) is 0 Å². The van der Waals surface area contributed by atoms with Crippen molar-refractivity contribution in [2.75, 3.05) is 18.6 Å². The lowest BCUT2D eigenvalue weighted by Crippen LogP contribution is -2.39. The zero-order chi connectivity index (χ0) is 29.8. The summed E-state index contributed by atoms with van der Waals surface area (Å²) in [6, 6.07) is 15.6. The van der Waals surface area contributed by atoms with E-state index in [0.717, 1.165) is 0 Å². The zero-order valence-corrected chi connectivity index (χ0v) is 23.8. The molecule has 3 rings (SSSR count). The van der Waals surface area contributed by atoms with Crippen molar-refractivity contribution >= 4 is 34.5 Å². The smallest absolute Gasteiger partial charge is 0.415 e. The normalized spacial score (nSPS) is 11.3. The number of benzene rings is 2. The summed E-state index contributed by atoms with van der Waals surface area (Å²) >= 11 is 0. The van der Waals surface area contributed by atoms with E-state index in [1.807, 2.05) is 18.2 Å². The number of hydrogen-bond acceptors (Lipinski definition) is 8. The van der Waals surface area contributed by atoms with Gasteiger partial charge in [0.05, 0.1) is 36.7 Å². The van der Waals surface area contributed by atoms with Crippen LogP contribution in [0, 0.1) is 11.3 Å². The van der Waals surface area contributed by atoms with Gasteiger partial charge in [-0.25, -0.2) is 19.4 Å². The number of carbonyl (C=O) groups is 3. The average molecular weight is 544 g/mol. The van der Waals surface area contributed by atoms with Gasteiger partial charge in [-0.15, -0.1) is 0 Å². The van der Waals surface area contributed by atoms with Gasteiger partial charge in [-0.05, 0) is 71.2 Å². The fraction of sp³-hybridized carbons (Fsp3) is 0.323. The third kappa shape index (κ3) is 7.23. The molecule has 0 radical (unpaired) electrons. The van der Waals surface area contributed by atoms with Crippen LogP contribution in [0.5, 0.6) is 0 Å². The van der Waals surface area contributed by atoms with Crippen LogP contribution in [0.2, 0.25) is 0 Å². The van der Waals surface area contributed by atoms with E-state index in [1.54, 1.807) is 77.9 Å². The molecule has 0 spiro atoms. The van der Waals surface area contributed by atoms with Gasteiger partial charge in [0.25, 0.3) is 0 Å². The molecule has 0 aliphatic heterocycles. The number of aromatic nitrogens is 1. The molecule has 9 heteroatoms. The minimum atomic E-state index is -0.851. The average Bonchev–Trinajstić information content (AvgIpc) is 2.88. The number of amides is 1. The molecule has 3 aromatic rings. The van der Waals surface area contributed by atoms with Crippen molar-refractivity contribution in [3.63, 3.8) is 0 Å². The van der Waals surface area contributed by atoms with Gasteiger partial charge in [0.15, 0.2) is 0 Å². The molecular formula is C31H33N3O6. The maximum absolute atomic E-state index is 13.4. The van der Waals surface area contributed by atoms with Crippen LogP contribution < -0.4 is 4.90 Å². The van der Waals surface area contributed by atoms with E-state index in [9.17, 15) is 19.6 Å². The second-order valence-electron chi connectivity index (χ2n) is 11.1. The maximum Gasteiger partial charge on any atom is 0.415 e. The lowest BCUT2D eigenvalue weighted by atomic mass is 9.98. The molecule has 0 atom stereocenters. The number of esters is 2. The van der Waals surface area contributed by atoms with E-state index < -0.39 is 29.2 Å². The number of pyridine rings is 1. The summed E-state index contributed by atoms with van der Waals surface area (Å²) in [5, 5.41) is 10.7. The third-order valence-corrected chi connectivity index (χ3v) is 5.44. The van der Waals surface area contributed by atoms with Gasteiger partial charge >= 0.3 is 18.0 Å². The Hall–Kier alpha value is -4.71. The van der Waals surface area contributed by atoms with Crippen LogP contribution in [0.1, 0.15) is 62.4 Å². The van der Waals surface area contributed by atoms with Crippen LogP contribution in [-0.2, 0) is 14.2 Å². The lowest BCUT2D eigenvalue weighted by molar-refractivity contribution is 0.00625. The quantitative estimate of drug-likeness (QED) is 0.197. The van der Waals surface area contributed by atoms with Gasteiger partial charge in [0, 0.05) is 16.5 Å². The van der Waals surface area contributed by atoms with Crippen molar-refractivity contribution in [2.24, 2.45) is 0 Å².